The summed E-state index contributed by atoms with van der Waals surface area (Å²) in [5.74, 6) is -0.943. The highest BCUT2D eigenvalue weighted by Crippen LogP contribution is 2.29. The largest absolute Gasteiger partial charge is 0.478 e. The van der Waals surface area contributed by atoms with Gasteiger partial charge in [-0.05, 0) is 30.7 Å². The summed E-state index contributed by atoms with van der Waals surface area (Å²) in [6.07, 6.45) is 0. The van der Waals surface area contributed by atoms with Crippen molar-refractivity contribution in [3.8, 4) is 11.3 Å². The van der Waals surface area contributed by atoms with Crippen molar-refractivity contribution >= 4 is 32.8 Å². The van der Waals surface area contributed by atoms with Crippen molar-refractivity contribution in [2.45, 2.75) is 6.92 Å². The number of aryl methyl sites for hydroxylation is 1. The van der Waals surface area contributed by atoms with Crippen LogP contribution in [-0.2, 0) is 0 Å². The molecule has 0 amide bonds. The predicted octanol–water partition coefficient (Wildman–Crippen LogP) is 4.67. The Bertz CT molecular complexity index is 844. The summed E-state index contributed by atoms with van der Waals surface area (Å²) < 4.78 is 0.920. The normalized spacial score (nSPS) is 10.8. The van der Waals surface area contributed by atoms with Gasteiger partial charge in [-0.25, -0.2) is 9.78 Å². The Morgan fingerprint density at radius 1 is 1.14 bits per heavy atom. The first-order valence-corrected chi connectivity index (χ1v) is 7.25. The highest BCUT2D eigenvalue weighted by molar-refractivity contribution is 9.10. The number of pyridine rings is 1. The minimum Gasteiger partial charge on any atom is -0.478 e. The van der Waals surface area contributed by atoms with Gasteiger partial charge >= 0.3 is 5.97 Å². The molecule has 2 aromatic carbocycles. The average molecular weight is 342 g/mol. The van der Waals surface area contributed by atoms with E-state index in [1.165, 1.54) is 0 Å². The predicted molar refractivity (Wildman–Crippen MR) is 86.6 cm³/mol. The van der Waals surface area contributed by atoms with Gasteiger partial charge in [0.05, 0.1) is 16.8 Å². The number of hydrogen-bond donors (Lipinski definition) is 1. The maximum atomic E-state index is 11.6. The summed E-state index contributed by atoms with van der Waals surface area (Å²) in [6, 6.07) is 14.9. The van der Waals surface area contributed by atoms with E-state index in [0.717, 1.165) is 15.6 Å². The third kappa shape index (κ3) is 2.54. The van der Waals surface area contributed by atoms with Crippen molar-refractivity contribution in [2.75, 3.05) is 0 Å². The van der Waals surface area contributed by atoms with Gasteiger partial charge in [0.2, 0.25) is 0 Å². The molecule has 1 heterocycles. The molecule has 0 atom stereocenters. The Labute approximate surface area is 130 Å². The molecule has 1 aromatic heterocycles. The standard InChI is InChI=1S/C17H12BrNO2/c1-10-7-12-13(17(20)21)8-15(11-5-3-2-4-6-11)19-16(12)9-14(10)18/h2-9H,1H3,(H,20,21). The number of fused-ring (bicyclic) bond motifs is 1. The third-order valence-electron chi connectivity index (χ3n) is 3.39. The Balaban J connectivity index is 2.35. The van der Waals surface area contributed by atoms with Gasteiger partial charge in [-0.2, -0.15) is 0 Å². The van der Waals surface area contributed by atoms with Crippen LogP contribution in [0.3, 0.4) is 0 Å². The van der Waals surface area contributed by atoms with Crippen LogP contribution < -0.4 is 0 Å². The number of rotatable bonds is 2. The van der Waals surface area contributed by atoms with Gasteiger partial charge < -0.3 is 5.11 Å². The van der Waals surface area contributed by atoms with E-state index in [0.29, 0.717) is 16.6 Å². The number of carboxylic acid groups (broad SMARTS) is 1. The minimum absolute atomic E-state index is 0.273. The summed E-state index contributed by atoms with van der Waals surface area (Å²) in [4.78, 5) is 16.2. The summed E-state index contributed by atoms with van der Waals surface area (Å²) in [7, 11) is 0. The first-order chi connectivity index (χ1) is 10.1. The van der Waals surface area contributed by atoms with E-state index in [1.807, 2.05) is 49.4 Å². The number of aromatic carboxylic acids is 1. The molecule has 0 saturated heterocycles. The molecule has 0 aliphatic carbocycles. The van der Waals surface area contributed by atoms with Crippen LogP contribution >= 0.6 is 15.9 Å². The fraction of sp³-hybridized carbons (Fsp3) is 0.0588. The molecule has 3 aromatic rings. The van der Waals surface area contributed by atoms with Crippen LogP contribution in [0.1, 0.15) is 15.9 Å². The lowest BCUT2D eigenvalue weighted by Gasteiger charge is -2.09. The number of aromatic nitrogens is 1. The maximum absolute atomic E-state index is 11.6. The molecule has 4 heteroatoms. The van der Waals surface area contributed by atoms with E-state index in [-0.39, 0.29) is 5.56 Å². The summed E-state index contributed by atoms with van der Waals surface area (Å²) in [6.45, 7) is 1.93. The Hall–Kier alpha value is -2.20. The molecule has 104 valence electrons. The molecule has 3 rings (SSSR count). The summed E-state index contributed by atoms with van der Waals surface area (Å²) >= 11 is 3.47. The molecule has 21 heavy (non-hydrogen) atoms. The lowest BCUT2D eigenvalue weighted by molar-refractivity contribution is 0.0699. The van der Waals surface area contributed by atoms with Crippen LogP contribution in [-0.4, -0.2) is 16.1 Å². The van der Waals surface area contributed by atoms with Gasteiger partial charge in [-0.3, -0.25) is 0 Å². The topological polar surface area (TPSA) is 50.2 Å². The molecule has 3 nitrogen and oxygen atoms in total. The van der Waals surface area contributed by atoms with Gasteiger partial charge in [0, 0.05) is 15.4 Å². The number of carboxylic acids is 1. The molecule has 0 aliphatic rings. The highest BCUT2D eigenvalue weighted by Gasteiger charge is 2.14. The zero-order valence-corrected chi connectivity index (χ0v) is 12.9. The molecule has 0 saturated carbocycles. The lowest BCUT2D eigenvalue weighted by Crippen LogP contribution is -2.01. The van der Waals surface area contributed by atoms with Crippen LogP contribution in [0.15, 0.2) is 53.0 Å². The van der Waals surface area contributed by atoms with Gasteiger partial charge in [0.15, 0.2) is 0 Å². The first kappa shape index (κ1) is 13.8. The van der Waals surface area contributed by atoms with Gasteiger partial charge in [0.25, 0.3) is 0 Å². The molecule has 0 spiro atoms. The summed E-state index contributed by atoms with van der Waals surface area (Å²) in [5, 5.41) is 10.1. The molecular weight excluding hydrogens is 330 g/mol. The van der Waals surface area contributed by atoms with E-state index in [4.69, 9.17) is 0 Å². The SMILES string of the molecule is Cc1cc2c(C(=O)O)cc(-c3ccccc3)nc2cc1Br. The monoisotopic (exact) mass is 341 g/mol. The Kier molecular flexibility index (Phi) is 3.47. The quantitative estimate of drug-likeness (QED) is 0.736. The average Bonchev–Trinajstić information content (AvgIpc) is 2.48. The van der Waals surface area contributed by atoms with Gasteiger partial charge in [-0.15, -0.1) is 0 Å². The van der Waals surface area contributed by atoms with Crippen LogP contribution in [0.5, 0.6) is 0 Å². The molecular formula is C17H12BrNO2. The summed E-state index contributed by atoms with van der Waals surface area (Å²) in [5.41, 5.74) is 3.50. The Morgan fingerprint density at radius 2 is 1.86 bits per heavy atom. The van der Waals surface area contributed by atoms with Crippen molar-refractivity contribution in [1.29, 1.82) is 0 Å². The van der Waals surface area contributed by atoms with Crippen LogP contribution in [0.25, 0.3) is 22.2 Å². The molecule has 1 N–H and O–H groups in total. The van der Waals surface area contributed by atoms with E-state index < -0.39 is 5.97 Å². The Morgan fingerprint density at radius 3 is 2.52 bits per heavy atom. The van der Waals surface area contributed by atoms with Crippen molar-refractivity contribution in [3.63, 3.8) is 0 Å². The molecule has 0 unspecified atom stereocenters. The second-order valence-corrected chi connectivity index (χ2v) is 5.70. The zero-order chi connectivity index (χ0) is 15.0. The van der Waals surface area contributed by atoms with E-state index in [2.05, 4.69) is 20.9 Å². The van der Waals surface area contributed by atoms with Crippen LogP contribution in [0, 0.1) is 6.92 Å². The molecule has 0 fully saturated rings. The first-order valence-electron chi connectivity index (χ1n) is 6.46. The maximum Gasteiger partial charge on any atom is 0.336 e. The molecule has 0 bridgehead atoms. The number of nitrogens with zero attached hydrogens (tertiary/aromatic N) is 1. The third-order valence-corrected chi connectivity index (χ3v) is 4.24. The highest BCUT2D eigenvalue weighted by atomic mass is 79.9. The number of hydrogen-bond acceptors (Lipinski definition) is 2. The van der Waals surface area contributed by atoms with Crippen molar-refractivity contribution in [2.24, 2.45) is 0 Å². The van der Waals surface area contributed by atoms with E-state index in [1.54, 1.807) is 6.07 Å². The van der Waals surface area contributed by atoms with Gasteiger partial charge in [0.1, 0.15) is 0 Å². The second-order valence-electron chi connectivity index (χ2n) is 4.84. The van der Waals surface area contributed by atoms with Gasteiger partial charge in [-0.1, -0.05) is 46.3 Å². The lowest BCUT2D eigenvalue weighted by atomic mass is 10.0. The van der Waals surface area contributed by atoms with Crippen LogP contribution in [0.4, 0.5) is 0 Å². The minimum atomic E-state index is -0.943. The number of halogens is 1. The van der Waals surface area contributed by atoms with Crippen molar-refractivity contribution < 1.29 is 9.90 Å². The number of benzene rings is 2. The van der Waals surface area contributed by atoms with E-state index >= 15 is 0 Å². The second kappa shape index (κ2) is 5.30. The zero-order valence-electron chi connectivity index (χ0n) is 11.3. The van der Waals surface area contributed by atoms with Crippen molar-refractivity contribution in [1.82, 2.24) is 4.98 Å². The van der Waals surface area contributed by atoms with Crippen LogP contribution in [0.2, 0.25) is 0 Å². The van der Waals surface area contributed by atoms with E-state index in [9.17, 15) is 9.90 Å². The molecule has 0 aliphatic heterocycles. The fourth-order valence-electron chi connectivity index (χ4n) is 2.29. The molecule has 0 radical (unpaired) electrons. The fourth-order valence-corrected chi connectivity index (χ4v) is 2.62. The number of carbonyl (C=O) groups is 1. The smallest absolute Gasteiger partial charge is 0.336 e. The van der Waals surface area contributed by atoms with Crippen molar-refractivity contribution in [3.05, 3.63) is 64.1 Å².